The van der Waals surface area contributed by atoms with Crippen molar-refractivity contribution in [3.8, 4) is 6.07 Å². The number of ether oxygens (including phenoxy) is 1. The lowest BCUT2D eigenvalue weighted by Gasteiger charge is -2.30. The minimum Gasteiger partial charge on any atom is -0.380 e. The fourth-order valence-corrected chi connectivity index (χ4v) is 2.57. The number of benzene rings is 1. The zero-order valence-corrected chi connectivity index (χ0v) is 11.0. The molecule has 2 rings (SSSR count). The molecule has 17 heavy (non-hydrogen) atoms. The van der Waals surface area contributed by atoms with Crippen molar-refractivity contribution in [2.75, 3.05) is 13.2 Å². The van der Waals surface area contributed by atoms with E-state index in [1.165, 1.54) is 6.07 Å². The maximum Gasteiger partial charge on any atom is 0.137 e. The fraction of sp³-hybridized carbons (Fsp3) is 0.462. The normalized spacial score (nSPS) is 24.3. The van der Waals surface area contributed by atoms with Crippen LogP contribution in [0.3, 0.4) is 0 Å². The van der Waals surface area contributed by atoms with E-state index in [0.29, 0.717) is 24.1 Å². The number of hydrogen-bond donors (Lipinski definition) is 0. The molecule has 0 N–H and O–H groups in total. The van der Waals surface area contributed by atoms with Crippen molar-refractivity contribution in [1.29, 1.82) is 5.26 Å². The summed E-state index contributed by atoms with van der Waals surface area (Å²) in [6.45, 7) is 1.15. The molecule has 0 aliphatic carbocycles. The quantitative estimate of drug-likeness (QED) is 0.838. The maximum absolute atomic E-state index is 13.4. The van der Waals surface area contributed by atoms with Crippen LogP contribution in [0.1, 0.15) is 18.4 Å². The van der Waals surface area contributed by atoms with E-state index in [0.717, 1.165) is 18.4 Å². The molecular formula is C13H13BrFNO. The van der Waals surface area contributed by atoms with E-state index >= 15 is 0 Å². The first-order valence-corrected chi connectivity index (χ1v) is 6.38. The Morgan fingerprint density at radius 1 is 1.53 bits per heavy atom. The molecule has 1 aromatic carbocycles. The average molecular weight is 298 g/mol. The summed E-state index contributed by atoms with van der Waals surface area (Å²) in [5, 5.41) is 9.32. The van der Waals surface area contributed by atoms with Gasteiger partial charge in [-0.3, -0.25) is 0 Å². The molecule has 0 spiro atoms. The fourth-order valence-electron chi connectivity index (χ4n) is 2.17. The second-order valence-corrected chi connectivity index (χ2v) is 5.23. The van der Waals surface area contributed by atoms with Crippen LogP contribution in [-0.2, 0) is 11.2 Å². The molecule has 0 amide bonds. The van der Waals surface area contributed by atoms with Gasteiger partial charge in [-0.2, -0.15) is 5.26 Å². The van der Waals surface area contributed by atoms with Crippen LogP contribution >= 0.6 is 15.9 Å². The Kier molecular flexibility index (Phi) is 3.80. The molecule has 0 aromatic heterocycles. The van der Waals surface area contributed by atoms with E-state index in [1.807, 2.05) is 6.07 Å². The molecule has 1 aromatic rings. The molecular weight excluding hydrogens is 285 g/mol. The van der Waals surface area contributed by atoms with Gasteiger partial charge < -0.3 is 4.74 Å². The SMILES string of the molecule is N#CC1(Cc2cccc(F)c2Br)CCCOC1. The molecule has 90 valence electrons. The van der Waals surface area contributed by atoms with Crippen molar-refractivity contribution in [3.05, 3.63) is 34.1 Å². The molecule has 1 unspecified atom stereocenters. The zero-order valence-electron chi connectivity index (χ0n) is 9.38. The van der Waals surface area contributed by atoms with Crippen molar-refractivity contribution >= 4 is 15.9 Å². The van der Waals surface area contributed by atoms with E-state index in [1.54, 1.807) is 6.07 Å². The molecule has 1 heterocycles. The van der Waals surface area contributed by atoms with Crippen LogP contribution in [-0.4, -0.2) is 13.2 Å². The highest BCUT2D eigenvalue weighted by molar-refractivity contribution is 9.10. The Morgan fingerprint density at radius 2 is 2.35 bits per heavy atom. The van der Waals surface area contributed by atoms with Gasteiger partial charge in [-0.05, 0) is 46.8 Å². The average Bonchev–Trinajstić information content (AvgIpc) is 2.36. The summed E-state index contributed by atoms with van der Waals surface area (Å²) in [7, 11) is 0. The summed E-state index contributed by atoms with van der Waals surface area (Å²) in [6.07, 6.45) is 2.23. The Hall–Kier alpha value is -0.920. The lowest BCUT2D eigenvalue weighted by molar-refractivity contribution is 0.0222. The second-order valence-electron chi connectivity index (χ2n) is 4.44. The smallest absolute Gasteiger partial charge is 0.137 e. The second kappa shape index (κ2) is 5.16. The van der Waals surface area contributed by atoms with Crippen LogP contribution in [0, 0.1) is 22.6 Å². The van der Waals surface area contributed by atoms with Crippen LogP contribution in [0.2, 0.25) is 0 Å². The van der Waals surface area contributed by atoms with Gasteiger partial charge in [0.25, 0.3) is 0 Å². The first kappa shape index (κ1) is 12.5. The number of rotatable bonds is 2. The van der Waals surface area contributed by atoms with Gasteiger partial charge in [-0.25, -0.2) is 4.39 Å². The van der Waals surface area contributed by atoms with Gasteiger partial charge in [0.05, 0.1) is 22.6 Å². The predicted octanol–water partition coefficient (Wildman–Crippen LogP) is 3.45. The van der Waals surface area contributed by atoms with E-state index in [9.17, 15) is 9.65 Å². The molecule has 0 bridgehead atoms. The summed E-state index contributed by atoms with van der Waals surface area (Å²) in [5.41, 5.74) is 0.325. The van der Waals surface area contributed by atoms with Gasteiger partial charge in [0, 0.05) is 6.61 Å². The third-order valence-corrected chi connectivity index (χ3v) is 4.01. The molecule has 2 nitrogen and oxygen atoms in total. The molecule has 4 heteroatoms. The van der Waals surface area contributed by atoms with Crippen molar-refractivity contribution in [3.63, 3.8) is 0 Å². The number of halogens is 2. The summed E-state index contributed by atoms with van der Waals surface area (Å²) in [6, 6.07) is 7.27. The standard InChI is InChI=1S/C13H13BrFNO/c14-12-10(3-1-4-11(12)15)7-13(8-16)5-2-6-17-9-13/h1,3-4H,2,5-7,9H2. The van der Waals surface area contributed by atoms with Gasteiger partial charge in [-0.1, -0.05) is 12.1 Å². The topological polar surface area (TPSA) is 33.0 Å². The molecule has 1 saturated heterocycles. The van der Waals surface area contributed by atoms with Crippen LogP contribution in [0.15, 0.2) is 22.7 Å². The van der Waals surface area contributed by atoms with Gasteiger partial charge in [-0.15, -0.1) is 0 Å². The highest BCUT2D eigenvalue weighted by Gasteiger charge is 2.34. The van der Waals surface area contributed by atoms with Gasteiger partial charge >= 0.3 is 0 Å². The Bertz CT molecular complexity index is 449. The summed E-state index contributed by atoms with van der Waals surface area (Å²) in [4.78, 5) is 0. The molecule has 0 radical (unpaired) electrons. The van der Waals surface area contributed by atoms with Crippen molar-refractivity contribution < 1.29 is 9.13 Å². The molecule has 1 aliphatic rings. The Morgan fingerprint density at radius 3 is 3.00 bits per heavy atom. The van der Waals surface area contributed by atoms with Crippen LogP contribution < -0.4 is 0 Å². The highest BCUT2D eigenvalue weighted by Crippen LogP contribution is 2.34. The monoisotopic (exact) mass is 297 g/mol. The summed E-state index contributed by atoms with van der Waals surface area (Å²) in [5.74, 6) is -0.285. The van der Waals surface area contributed by atoms with Crippen LogP contribution in [0.5, 0.6) is 0 Å². The van der Waals surface area contributed by atoms with Gasteiger partial charge in [0.2, 0.25) is 0 Å². The van der Waals surface area contributed by atoms with Crippen LogP contribution in [0.4, 0.5) is 4.39 Å². The van der Waals surface area contributed by atoms with Crippen molar-refractivity contribution in [2.45, 2.75) is 19.3 Å². The first-order valence-electron chi connectivity index (χ1n) is 5.59. The minimum absolute atomic E-state index is 0.285. The van der Waals surface area contributed by atoms with E-state index < -0.39 is 5.41 Å². The third-order valence-electron chi connectivity index (χ3n) is 3.12. The maximum atomic E-state index is 13.4. The van der Waals surface area contributed by atoms with E-state index in [4.69, 9.17) is 4.74 Å². The molecule has 0 saturated carbocycles. The van der Waals surface area contributed by atoms with Crippen molar-refractivity contribution in [1.82, 2.24) is 0 Å². The number of nitrogens with zero attached hydrogens (tertiary/aromatic N) is 1. The molecule has 1 fully saturated rings. The molecule has 1 atom stereocenters. The summed E-state index contributed by atoms with van der Waals surface area (Å²) >= 11 is 3.24. The van der Waals surface area contributed by atoms with Gasteiger partial charge in [0.1, 0.15) is 5.82 Å². The Labute approximate surface area is 109 Å². The minimum atomic E-state index is -0.505. The molecule has 1 aliphatic heterocycles. The van der Waals surface area contributed by atoms with Crippen molar-refractivity contribution in [2.24, 2.45) is 5.41 Å². The Balaban J connectivity index is 2.24. The highest BCUT2D eigenvalue weighted by atomic mass is 79.9. The first-order chi connectivity index (χ1) is 8.17. The largest absolute Gasteiger partial charge is 0.380 e. The van der Waals surface area contributed by atoms with E-state index in [-0.39, 0.29) is 5.82 Å². The summed E-state index contributed by atoms with van der Waals surface area (Å²) < 4.78 is 19.2. The van der Waals surface area contributed by atoms with Gasteiger partial charge in [0.15, 0.2) is 0 Å². The predicted molar refractivity (Wildman–Crippen MR) is 65.9 cm³/mol. The third kappa shape index (κ3) is 2.67. The zero-order chi connectivity index (χ0) is 12.3. The van der Waals surface area contributed by atoms with Crippen LogP contribution in [0.25, 0.3) is 0 Å². The number of nitriles is 1. The lowest BCUT2D eigenvalue weighted by atomic mass is 9.78. The van der Waals surface area contributed by atoms with E-state index in [2.05, 4.69) is 22.0 Å². The number of hydrogen-bond acceptors (Lipinski definition) is 2. The lowest BCUT2D eigenvalue weighted by Crippen LogP contribution is -2.32.